The third-order valence-electron chi connectivity index (χ3n) is 2.05. The van der Waals surface area contributed by atoms with Crippen molar-refractivity contribution in [3.05, 3.63) is 22.2 Å². The number of halogens is 1. The minimum atomic E-state index is -0.136. The predicted octanol–water partition coefficient (Wildman–Crippen LogP) is 2.30. The van der Waals surface area contributed by atoms with Crippen LogP contribution in [-0.2, 0) is 4.74 Å². The van der Waals surface area contributed by atoms with E-state index in [1.54, 1.807) is 19.2 Å². The molecule has 0 fully saturated rings. The number of benzene rings is 1. The molecule has 4 nitrogen and oxygen atoms in total. The van der Waals surface area contributed by atoms with Gasteiger partial charge in [0.05, 0.1) is 24.3 Å². The molecule has 1 aromatic carbocycles. The summed E-state index contributed by atoms with van der Waals surface area (Å²) in [6, 6.07) is 3.33. The first-order valence-electron chi connectivity index (χ1n) is 4.57. The van der Waals surface area contributed by atoms with Gasteiger partial charge in [-0.2, -0.15) is 0 Å². The highest BCUT2D eigenvalue weighted by molar-refractivity contribution is 9.10. The Morgan fingerprint density at radius 2 is 1.81 bits per heavy atom. The maximum Gasteiger partial charge on any atom is 0.192 e. The molecule has 0 aliphatic rings. The summed E-state index contributed by atoms with van der Waals surface area (Å²) in [5, 5.41) is 0. The third-order valence-corrected chi connectivity index (χ3v) is 2.67. The molecule has 0 aromatic heterocycles. The number of rotatable bonds is 5. The average molecular weight is 289 g/mol. The Bertz CT molecular complexity index is 390. The standard InChI is InChI=1S/C11H13BrO4/c1-14-6-9(13)7-4-8(12)11(16-3)5-10(7)15-2/h4-5H,6H2,1-3H3. The van der Waals surface area contributed by atoms with E-state index in [4.69, 9.17) is 14.2 Å². The van der Waals surface area contributed by atoms with Crippen LogP contribution < -0.4 is 9.47 Å². The van der Waals surface area contributed by atoms with Crippen molar-refractivity contribution in [1.82, 2.24) is 0 Å². The Morgan fingerprint density at radius 3 is 2.31 bits per heavy atom. The summed E-state index contributed by atoms with van der Waals surface area (Å²) in [5.41, 5.74) is 0.469. The summed E-state index contributed by atoms with van der Waals surface area (Å²) < 4.78 is 15.8. The lowest BCUT2D eigenvalue weighted by molar-refractivity contribution is 0.0845. The molecule has 0 heterocycles. The van der Waals surface area contributed by atoms with Crippen molar-refractivity contribution in [3.8, 4) is 11.5 Å². The van der Waals surface area contributed by atoms with Gasteiger partial charge in [0, 0.05) is 13.2 Å². The Morgan fingerprint density at radius 1 is 1.19 bits per heavy atom. The van der Waals surface area contributed by atoms with Gasteiger partial charge in [-0.15, -0.1) is 0 Å². The van der Waals surface area contributed by atoms with E-state index >= 15 is 0 Å². The third kappa shape index (κ3) is 2.74. The average Bonchev–Trinajstić information content (AvgIpc) is 2.29. The number of carbonyl (C=O) groups excluding carboxylic acids is 1. The van der Waals surface area contributed by atoms with E-state index in [1.807, 2.05) is 0 Å². The normalized spacial score (nSPS) is 10.0. The zero-order chi connectivity index (χ0) is 12.1. The van der Waals surface area contributed by atoms with Gasteiger partial charge < -0.3 is 14.2 Å². The number of hydrogen-bond donors (Lipinski definition) is 0. The van der Waals surface area contributed by atoms with Gasteiger partial charge in [0.25, 0.3) is 0 Å². The summed E-state index contributed by atoms with van der Waals surface area (Å²) >= 11 is 3.32. The number of methoxy groups -OCH3 is 3. The van der Waals surface area contributed by atoms with Crippen LogP contribution in [0.25, 0.3) is 0 Å². The van der Waals surface area contributed by atoms with Gasteiger partial charge in [0.15, 0.2) is 5.78 Å². The number of carbonyl (C=O) groups is 1. The highest BCUT2D eigenvalue weighted by Crippen LogP contribution is 2.32. The second-order valence-electron chi connectivity index (χ2n) is 3.04. The van der Waals surface area contributed by atoms with Gasteiger partial charge in [-0.25, -0.2) is 0 Å². The van der Waals surface area contributed by atoms with Crippen molar-refractivity contribution in [2.24, 2.45) is 0 Å². The minimum Gasteiger partial charge on any atom is -0.496 e. The van der Waals surface area contributed by atoms with E-state index in [0.29, 0.717) is 21.5 Å². The van der Waals surface area contributed by atoms with Crippen molar-refractivity contribution in [2.45, 2.75) is 0 Å². The summed E-state index contributed by atoms with van der Waals surface area (Å²) in [7, 11) is 4.53. The molecule has 5 heteroatoms. The van der Waals surface area contributed by atoms with E-state index in [0.717, 1.165) is 0 Å². The second-order valence-corrected chi connectivity index (χ2v) is 3.90. The minimum absolute atomic E-state index is 0.0229. The molecule has 0 saturated heterocycles. The lowest BCUT2D eigenvalue weighted by atomic mass is 10.1. The van der Waals surface area contributed by atoms with Crippen LogP contribution in [0.4, 0.5) is 0 Å². The molecule has 1 aromatic rings. The maximum absolute atomic E-state index is 11.7. The number of ketones is 1. The van der Waals surface area contributed by atoms with E-state index in [2.05, 4.69) is 15.9 Å². The molecule has 0 saturated carbocycles. The molecule has 88 valence electrons. The van der Waals surface area contributed by atoms with Crippen LogP contribution in [-0.4, -0.2) is 33.7 Å². The van der Waals surface area contributed by atoms with Gasteiger partial charge in [-0.05, 0) is 22.0 Å². The topological polar surface area (TPSA) is 44.8 Å². The summed E-state index contributed by atoms with van der Waals surface area (Å²) in [5.74, 6) is 0.954. The zero-order valence-electron chi connectivity index (χ0n) is 9.37. The molecule has 0 aliphatic carbocycles. The van der Waals surface area contributed by atoms with Crippen molar-refractivity contribution < 1.29 is 19.0 Å². The summed E-state index contributed by atoms with van der Waals surface area (Å²) in [6.07, 6.45) is 0. The lowest BCUT2D eigenvalue weighted by Gasteiger charge is -2.11. The van der Waals surface area contributed by atoms with E-state index in [9.17, 15) is 4.79 Å². The van der Waals surface area contributed by atoms with Gasteiger partial charge in [-0.3, -0.25) is 4.79 Å². The van der Waals surface area contributed by atoms with Crippen LogP contribution >= 0.6 is 15.9 Å². The quantitative estimate of drug-likeness (QED) is 0.780. The van der Waals surface area contributed by atoms with E-state index in [-0.39, 0.29) is 12.4 Å². The Labute approximate surface area is 103 Å². The molecule has 0 radical (unpaired) electrons. The van der Waals surface area contributed by atoms with Crippen LogP contribution in [0, 0.1) is 0 Å². The van der Waals surface area contributed by atoms with Crippen molar-refractivity contribution in [1.29, 1.82) is 0 Å². The van der Waals surface area contributed by atoms with Crippen molar-refractivity contribution in [3.63, 3.8) is 0 Å². The summed E-state index contributed by atoms with van der Waals surface area (Å²) in [6.45, 7) is 0.0229. The van der Waals surface area contributed by atoms with Crippen LogP contribution in [0.1, 0.15) is 10.4 Å². The van der Waals surface area contributed by atoms with Gasteiger partial charge >= 0.3 is 0 Å². The molecule has 0 aliphatic heterocycles. The maximum atomic E-state index is 11.7. The molecule has 0 unspecified atom stereocenters. The number of hydrogen-bond acceptors (Lipinski definition) is 4. The number of Topliss-reactive ketones (excluding diaryl/α,β-unsaturated/α-hetero) is 1. The highest BCUT2D eigenvalue weighted by Gasteiger charge is 2.15. The molecule has 0 spiro atoms. The van der Waals surface area contributed by atoms with Gasteiger partial charge in [0.1, 0.15) is 18.1 Å². The number of ether oxygens (including phenoxy) is 3. The summed E-state index contributed by atoms with van der Waals surface area (Å²) in [4.78, 5) is 11.7. The Hall–Kier alpha value is -1.07. The fourth-order valence-corrected chi connectivity index (χ4v) is 1.79. The zero-order valence-corrected chi connectivity index (χ0v) is 11.0. The fraction of sp³-hybridized carbons (Fsp3) is 0.364. The van der Waals surface area contributed by atoms with Crippen LogP contribution in [0.2, 0.25) is 0 Å². The first-order valence-corrected chi connectivity index (χ1v) is 5.37. The fourth-order valence-electron chi connectivity index (χ4n) is 1.29. The van der Waals surface area contributed by atoms with Crippen molar-refractivity contribution >= 4 is 21.7 Å². The van der Waals surface area contributed by atoms with E-state index < -0.39 is 0 Å². The smallest absolute Gasteiger partial charge is 0.192 e. The highest BCUT2D eigenvalue weighted by atomic mass is 79.9. The first-order chi connectivity index (χ1) is 7.63. The Balaban J connectivity index is 3.17. The monoisotopic (exact) mass is 288 g/mol. The molecule has 0 bridgehead atoms. The van der Waals surface area contributed by atoms with Crippen LogP contribution in [0.15, 0.2) is 16.6 Å². The van der Waals surface area contributed by atoms with Crippen molar-refractivity contribution in [2.75, 3.05) is 27.9 Å². The van der Waals surface area contributed by atoms with Crippen LogP contribution in [0.5, 0.6) is 11.5 Å². The molecular weight excluding hydrogens is 276 g/mol. The molecule has 16 heavy (non-hydrogen) atoms. The predicted molar refractivity (Wildman–Crippen MR) is 63.5 cm³/mol. The largest absolute Gasteiger partial charge is 0.496 e. The second kappa shape index (κ2) is 5.86. The van der Waals surface area contributed by atoms with E-state index in [1.165, 1.54) is 14.2 Å². The van der Waals surface area contributed by atoms with Gasteiger partial charge in [0.2, 0.25) is 0 Å². The SMILES string of the molecule is COCC(=O)c1cc(Br)c(OC)cc1OC. The Kier molecular flexibility index (Phi) is 4.76. The molecule has 0 N–H and O–H groups in total. The molecule has 1 rings (SSSR count). The molecule has 0 amide bonds. The first kappa shape index (κ1) is 13.0. The lowest BCUT2D eigenvalue weighted by Crippen LogP contribution is -2.09. The molecular formula is C11H13BrO4. The van der Waals surface area contributed by atoms with Gasteiger partial charge in [-0.1, -0.05) is 0 Å². The molecule has 0 atom stereocenters. The van der Waals surface area contributed by atoms with Crippen LogP contribution in [0.3, 0.4) is 0 Å².